The molecule has 0 fully saturated rings. The lowest BCUT2D eigenvalue weighted by atomic mass is 10.0. The fourth-order valence-corrected chi connectivity index (χ4v) is 2.43. The Labute approximate surface area is 107 Å². The second-order valence-corrected chi connectivity index (χ2v) is 4.52. The highest BCUT2D eigenvalue weighted by molar-refractivity contribution is 4.84. The monoisotopic (exact) mass is 244 g/mol. The zero-order chi connectivity index (χ0) is 13.3. The van der Waals surface area contributed by atoms with E-state index in [1.165, 1.54) is 0 Å². The maximum absolute atomic E-state index is 6.37. The van der Waals surface area contributed by atoms with Gasteiger partial charge < -0.3 is 16.4 Å². The first-order chi connectivity index (χ1) is 8.14. The fraction of sp³-hybridized carbons (Fsp3) is 1.00. The minimum atomic E-state index is 0.193. The average Bonchev–Trinajstić information content (AvgIpc) is 2.35. The molecule has 0 aliphatic heterocycles. The molecular formula is C13H32N4. The molecule has 2 unspecified atom stereocenters. The van der Waals surface area contributed by atoms with Crippen LogP contribution in [0.3, 0.4) is 0 Å². The molecule has 0 rings (SSSR count). The molecule has 0 aliphatic carbocycles. The van der Waals surface area contributed by atoms with E-state index >= 15 is 0 Å². The number of hydrogen-bond acceptors (Lipinski definition) is 4. The van der Waals surface area contributed by atoms with Crippen molar-refractivity contribution in [2.75, 3.05) is 39.3 Å². The Balaban J connectivity index is 4.45. The second-order valence-electron chi connectivity index (χ2n) is 4.52. The van der Waals surface area contributed by atoms with Crippen molar-refractivity contribution in [2.45, 2.75) is 46.2 Å². The van der Waals surface area contributed by atoms with Crippen LogP contribution in [0.1, 0.15) is 34.1 Å². The van der Waals surface area contributed by atoms with Gasteiger partial charge in [-0.2, -0.15) is 0 Å². The number of hydrogen-bond donors (Lipinski definition) is 2. The maximum Gasteiger partial charge on any atom is 0.0326 e. The molecule has 0 aromatic carbocycles. The van der Waals surface area contributed by atoms with Crippen LogP contribution in [0.25, 0.3) is 0 Å². The summed E-state index contributed by atoms with van der Waals surface area (Å²) in [7, 11) is 0. The zero-order valence-electron chi connectivity index (χ0n) is 12.2. The number of rotatable bonds is 10. The van der Waals surface area contributed by atoms with Crippen molar-refractivity contribution in [3.05, 3.63) is 0 Å². The van der Waals surface area contributed by atoms with Crippen molar-refractivity contribution in [2.24, 2.45) is 11.5 Å². The fourth-order valence-electron chi connectivity index (χ4n) is 2.43. The smallest absolute Gasteiger partial charge is 0.0326 e. The average molecular weight is 244 g/mol. The molecule has 4 heteroatoms. The van der Waals surface area contributed by atoms with Gasteiger partial charge in [-0.15, -0.1) is 0 Å². The van der Waals surface area contributed by atoms with Crippen LogP contribution in [0, 0.1) is 0 Å². The minimum absolute atomic E-state index is 0.193. The molecule has 0 radical (unpaired) electrons. The van der Waals surface area contributed by atoms with Crippen LogP contribution in [-0.4, -0.2) is 61.2 Å². The standard InChI is InChI=1S/C13H32N4/c1-5-16(6-2)11-12(15)13(9-10-14)17(7-3)8-4/h12-13H,5-11,14-15H2,1-4H3. The lowest BCUT2D eigenvalue weighted by Crippen LogP contribution is -2.53. The third kappa shape index (κ3) is 5.82. The van der Waals surface area contributed by atoms with Crippen LogP contribution >= 0.6 is 0 Å². The summed E-state index contributed by atoms with van der Waals surface area (Å²) in [6.45, 7) is 14.7. The summed E-state index contributed by atoms with van der Waals surface area (Å²) in [5, 5.41) is 0. The molecule has 2 atom stereocenters. The molecule has 4 N–H and O–H groups in total. The highest BCUT2D eigenvalue weighted by atomic mass is 15.2. The Hall–Kier alpha value is -0.160. The van der Waals surface area contributed by atoms with Gasteiger partial charge in [-0.25, -0.2) is 0 Å². The molecule has 0 spiro atoms. The third-order valence-corrected chi connectivity index (χ3v) is 3.60. The van der Waals surface area contributed by atoms with E-state index < -0.39 is 0 Å². The van der Waals surface area contributed by atoms with Gasteiger partial charge in [-0.05, 0) is 39.1 Å². The molecule has 4 nitrogen and oxygen atoms in total. The minimum Gasteiger partial charge on any atom is -0.330 e. The van der Waals surface area contributed by atoms with E-state index in [0.717, 1.165) is 39.1 Å². The van der Waals surface area contributed by atoms with Crippen molar-refractivity contribution in [1.82, 2.24) is 9.80 Å². The third-order valence-electron chi connectivity index (χ3n) is 3.60. The summed E-state index contributed by atoms with van der Waals surface area (Å²) < 4.78 is 0. The molecule has 104 valence electrons. The van der Waals surface area contributed by atoms with Crippen molar-refractivity contribution >= 4 is 0 Å². The Morgan fingerprint density at radius 2 is 1.47 bits per heavy atom. The predicted molar refractivity (Wildman–Crippen MR) is 76.1 cm³/mol. The summed E-state index contributed by atoms with van der Waals surface area (Å²) >= 11 is 0. The Kier molecular flexibility index (Phi) is 9.74. The Bertz CT molecular complexity index is 167. The molecular weight excluding hydrogens is 212 g/mol. The highest BCUT2D eigenvalue weighted by Crippen LogP contribution is 2.08. The van der Waals surface area contributed by atoms with Gasteiger partial charge in [0.15, 0.2) is 0 Å². The summed E-state index contributed by atoms with van der Waals surface area (Å²) in [4.78, 5) is 4.82. The molecule has 0 saturated heterocycles. The first-order valence-corrected chi connectivity index (χ1v) is 7.06. The molecule has 0 saturated carbocycles. The van der Waals surface area contributed by atoms with Crippen LogP contribution in [0.4, 0.5) is 0 Å². The van der Waals surface area contributed by atoms with E-state index in [4.69, 9.17) is 11.5 Å². The van der Waals surface area contributed by atoms with Crippen LogP contribution in [-0.2, 0) is 0 Å². The van der Waals surface area contributed by atoms with E-state index in [9.17, 15) is 0 Å². The van der Waals surface area contributed by atoms with Gasteiger partial charge in [0.2, 0.25) is 0 Å². The summed E-state index contributed by atoms with van der Waals surface area (Å²) in [6, 6.07) is 0.606. The van der Waals surface area contributed by atoms with Gasteiger partial charge in [-0.1, -0.05) is 27.7 Å². The first kappa shape index (κ1) is 16.8. The summed E-state index contributed by atoms with van der Waals surface area (Å²) in [5.74, 6) is 0. The van der Waals surface area contributed by atoms with Gasteiger partial charge in [-0.3, -0.25) is 4.90 Å². The van der Waals surface area contributed by atoms with Gasteiger partial charge >= 0.3 is 0 Å². The highest BCUT2D eigenvalue weighted by Gasteiger charge is 2.23. The van der Waals surface area contributed by atoms with Gasteiger partial charge in [0.05, 0.1) is 0 Å². The quantitative estimate of drug-likeness (QED) is 0.594. The van der Waals surface area contributed by atoms with Crippen LogP contribution < -0.4 is 11.5 Å². The van der Waals surface area contributed by atoms with E-state index in [1.54, 1.807) is 0 Å². The molecule has 17 heavy (non-hydrogen) atoms. The van der Waals surface area contributed by atoms with E-state index in [-0.39, 0.29) is 6.04 Å². The number of likely N-dealkylation sites (N-methyl/N-ethyl adjacent to an activating group) is 2. The van der Waals surface area contributed by atoms with E-state index in [0.29, 0.717) is 12.6 Å². The normalized spacial score (nSPS) is 15.5. The van der Waals surface area contributed by atoms with Crippen LogP contribution in [0.15, 0.2) is 0 Å². The Morgan fingerprint density at radius 1 is 0.941 bits per heavy atom. The van der Waals surface area contributed by atoms with Crippen molar-refractivity contribution in [3.63, 3.8) is 0 Å². The lowest BCUT2D eigenvalue weighted by Gasteiger charge is -2.36. The largest absolute Gasteiger partial charge is 0.330 e. The maximum atomic E-state index is 6.37. The number of nitrogens with zero attached hydrogens (tertiary/aromatic N) is 2. The Morgan fingerprint density at radius 3 is 1.82 bits per heavy atom. The first-order valence-electron chi connectivity index (χ1n) is 7.06. The van der Waals surface area contributed by atoms with E-state index in [2.05, 4.69) is 37.5 Å². The van der Waals surface area contributed by atoms with Gasteiger partial charge in [0.1, 0.15) is 0 Å². The lowest BCUT2D eigenvalue weighted by molar-refractivity contribution is 0.152. The predicted octanol–water partition coefficient (Wildman–Crippen LogP) is 0.715. The SMILES string of the molecule is CCN(CC)CC(N)C(CCN)N(CC)CC. The van der Waals surface area contributed by atoms with Crippen LogP contribution in [0.2, 0.25) is 0 Å². The molecule has 0 aliphatic rings. The molecule has 0 amide bonds. The van der Waals surface area contributed by atoms with E-state index in [1.807, 2.05) is 0 Å². The van der Waals surface area contributed by atoms with Crippen molar-refractivity contribution in [3.8, 4) is 0 Å². The summed E-state index contributed by atoms with van der Waals surface area (Å²) in [5.41, 5.74) is 12.1. The number of nitrogens with two attached hydrogens (primary N) is 2. The van der Waals surface area contributed by atoms with Crippen LogP contribution in [0.5, 0.6) is 0 Å². The summed E-state index contributed by atoms with van der Waals surface area (Å²) in [6.07, 6.45) is 0.990. The molecule has 0 bridgehead atoms. The van der Waals surface area contributed by atoms with Crippen molar-refractivity contribution < 1.29 is 0 Å². The topological polar surface area (TPSA) is 58.5 Å². The van der Waals surface area contributed by atoms with Gasteiger partial charge in [0.25, 0.3) is 0 Å². The molecule has 0 heterocycles. The molecule has 0 aromatic heterocycles. The van der Waals surface area contributed by atoms with Crippen molar-refractivity contribution in [1.29, 1.82) is 0 Å². The van der Waals surface area contributed by atoms with Gasteiger partial charge in [0, 0.05) is 18.6 Å². The second kappa shape index (κ2) is 9.83. The molecule has 0 aromatic rings. The zero-order valence-corrected chi connectivity index (χ0v) is 12.2.